The summed E-state index contributed by atoms with van der Waals surface area (Å²) in [6.45, 7) is 6.64. The van der Waals surface area contributed by atoms with Gasteiger partial charge in [-0.15, -0.1) is 0 Å². The molecule has 1 atom stereocenters. The Kier molecular flexibility index (Phi) is 2.38. The second kappa shape index (κ2) is 3.12. The van der Waals surface area contributed by atoms with Crippen LogP contribution >= 0.6 is 0 Å². The van der Waals surface area contributed by atoms with Crippen molar-refractivity contribution in [3.05, 3.63) is 23.4 Å². The molecule has 0 bridgehead atoms. The number of allylic oxidation sites excluding steroid dienone is 4. The van der Waals surface area contributed by atoms with E-state index >= 15 is 0 Å². The van der Waals surface area contributed by atoms with Gasteiger partial charge in [0.15, 0.2) is 0 Å². The smallest absolute Gasteiger partial charge is 0.0112 e. The molecule has 1 rings (SSSR count). The molecule has 0 saturated carbocycles. The highest BCUT2D eigenvalue weighted by Gasteiger charge is 2.13. The molecule has 1 heteroatoms. The van der Waals surface area contributed by atoms with E-state index in [-0.39, 0.29) is 0 Å². The van der Waals surface area contributed by atoms with Crippen LogP contribution in [-0.2, 0) is 0 Å². The second-order valence-electron chi connectivity index (χ2n) is 3.67. The molecule has 0 amide bonds. The summed E-state index contributed by atoms with van der Waals surface area (Å²) in [6, 6.07) is 0. The van der Waals surface area contributed by atoms with Crippen molar-refractivity contribution in [3.63, 3.8) is 0 Å². The van der Waals surface area contributed by atoms with Crippen LogP contribution in [0.25, 0.3) is 0 Å². The van der Waals surface area contributed by atoms with Gasteiger partial charge in [-0.2, -0.15) is 0 Å². The summed E-state index contributed by atoms with van der Waals surface area (Å²) < 4.78 is 0. The van der Waals surface area contributed by atoms with Gasteiger partial charge in [0.2, 0.25) is 0 Å². The maximum absolute atomic E-state index is 5.76. The highest BCUT2D eigenvalue weighted by molar-refractivity contribution is 5.25. The maximum Gasteiger partial charge on any atom is 0.0112 e. The van der Waals surface area contributed by atoms with Crippen molar-refractivity contribution in [1.29, 1.82) is 0 Å². The molecule has 0 heterocycles. The second-order valence-corrected chi connectivity index (χ2v) is 3.67. The van der Waals surface area contributed by atoms with Gasteiger partial charge in [-0.05, 0) is 24.3 Å². The van der Waals surface area contributed by atoms with Crippen LogP contribution in [0.4, 0.5) is 0 Å². The molecule has 0 aromatic rings. The molecule has 0 aromatic carbocycles. The van der Waals surface area contributed by atoms with Crippen LogP contribution in [-0.4, -0.2) is 0 Å². The molecule has 0 aromatic heterocycles. The minimum Gasteiger partial charge on any atom is -0.402 e. The van der Waals surface area contributed by atoms with Crippen molar-refractivity contribution in [3.8, 4) is 0 Å². The number of hydrogen-bond donors (Lipinski definition) is 1. The summed E-state index contributed by atoms with van der Waals surface area (Å²) in [6.07, 6.45) is 5.35. The molecule has 0 aliphatic heterocycles. The molecule has 1 nitrogen and oxygen atoms in total. The zero-order valence-electron chi connectivity index (χ0n) is 7.59. The van der Waals surface area contributed by atoms with Crippen LogP contribution in [0.5, 0.6) is 0 Å². The van der Waals surface area contributed by atoms with Gasteiger partial charge in [0.05, 0.1) is 0 Å². The first-order chi connectivity index (χ1) is 5.11. The van der Waals surface area contributed by atoms with E-state index in [9.17, 15) is 0 Å². The van der Waals surface area contributed by atoms with Crippen molar-refractivity contribution in [1.82, 2.24) is 0 Å². The Morgan fingerprint density at radius 3 is 2.55 bits per heavy atom. The Morgan fingerprint density at radius 2 is 2.09 bits per heavy atom. The minimum absolute atomic E-state index is 0.539. The van der Waals surface area contributed by atoms with E-state index in [1.54, 1.807) is 0 Å². The summed E-state index contributed by atoms with van der Waals surface area (Å²) in [4.78, 5) is 0. The quantitative estimate of drug-likeness (QED) is 0.612. The van der Waals surface area contributed by atoms with Gasteiger partial charge in [-0.1, -0.05) is 32.4 Å². The van der Waals surface area contributed by atoms with Gasteiger partial charge in [-0.3, -0.25) is 0 Å². The molecule has 1 aliphatic rings. The third-order valence-corrected chi connectivity index (χ3v) is 2.34. The monoisotopic (exact) mass is 151 g/mol. The summed E-state index contributed by atoms with van der Waals surface area (Å²) in [5.74, 6) is 1.21. The molecule has 0 spiro atoms. The van der Waals surface area contributed by atoms with E-state index in [0.717, 1.165) is 12.1 Å². The van der Waals surface area contributed by atoms with Crippen molar-refractivity contribution in [2.24, 2.45) is 17.6 Å². The summed E-state index contributed by atoms with van der Waals surface area (Å²) in [5, 5.41) is 0. The summed E-state index contributed by atoms with van der Waals surface area (Å²) >= 11 is 0. The van der Waals surface area contributed by atoms with E-state index in [1.807, 2.05) is 6.08 Å². The summed E-state index contributed by atoms with van der Waals surface area (Å²) in [7, 11) is 0. The third kappa shape index (κ3) is 1.86. The first kappa shape index (κ1) is 8.38. The lowest BCUT2D eigenvalue weighted by Gasteiger charge is -2.20. The van der Waals surface area contributed by atoms with E-state index in [1.165, 1.54) is 5.57 Å². The van der Waals surface area contributed by atoms with Gasteiger partial charge < -0.3 is 5.73 Å². The fourth-order valence-electron chi connectivity index (χ4n) is 1.34. The number of nitrogens with two attached hydrogens (primary N) is 1. The predicted molar refractivity (Wildman–Crippen MR) is 49.0 cm³/mol. The minimum atomic E-state index is 0.539. The molecule has 0 radical (unpaired) electrons. The van der Waals surface area contributed by atoms with Crippen molar-refractivity contribution in [2.45, 2.75) is 27.2 Å². The Bertz CT molecular complexity index is 199. The summed E-state index contributed by atoms with van der Waals surface area (Å²) in [5.41, 5.74) is 8.30. The van der Waals surface area contributed by atoms with Crippen molar-refractivity contribution >= 4 is 0 Å². The lowest BCUT2D eigenvalue weighted by molar-refractivity contribution is 0.593. The highest BCUT2D eigenvalue weighted by Crippen LogP contribution is 2.26. The lowest BCUT2D eigenvalue weighted by Crippen LogP contribution is -2.14. The van der Waals surface area contributed by atoms with E-state index in [4.69, 9.17) is 5.73 Å². The van der Waals surface area contributed by atoms with E-state index in [0.29, 0.717) is 11.8 Å². The van der Waals surface area contributed by atoms with Crippen molar-refractivity contribution < 1.29 is 0 Å². The molecule has 1 unspecified atom stereocenters. The van der Waals surface area contributed by atoms with Gasteiger partial charge in [0.1, 0.15) is 0 Å². The predicted octanol–water partition coefficient (Wildman–Crippen LogP) is 2.45. The average Bonchev–Trinajstić information content (AvgIpc) is 1.94. The van der Waals surface area contributed by atoms with Gasteiger partial charge in [-0.25, -0.2) is 0 Å². The first-order valence-electron chi connectivity index (χ1n) is 4.27. The topological polar surface area (TPSA) is 26.0 Å². The highest BCUT2D eigenvalue weighted by atomic mass is 14.6. The standard InChI is InChI=1S/C10H17N/c1-7(2)9-4-5-10(11)8(3)6-9/h4-5,7-8H,6,11H2,1-3H3. The molecule has 0 saturated heterocycles. The van der Waals surface area contributed by atoms with E-state index in [2.05, 4.69) is 26.8 Å². The molecular weight excluding hydrogens is 134 g/mol. The van der Waals surface area contributed by atoms with Gasteiger partial charge >= 0.3 is 0 Å². The number of hydrogen-bond acceptors (Lipinski definition) is 1. The Hall–Kier alpha value is -0.720. The molecule has 0 fully saturated rings. The van der Waals surface area contributed by atoms with Crippen LogP contribution in [0, 0.1) is 11.8 Å². The van der Waals surface area contributed by atoms with E-state index < -0.39 is 0 Å². The normalized spacial score (nSPS) is 24.9. The Morgan fingerprint density at radius 1 is 1.45 bits per heavy atom. The fourth-order valence-corrected chi connectivity index (χ4v) is 1.34. The van der Waals surface area contributed by atoms with Gasteiger partial charge in [0, 0.05) is 5.70 Å². The number of rotatable bonds is 1. The fraction of sp³-hybridized carbons (Fsp3) is 0.600. The zero-order chi connectivity index (χ0) is 8.43. The molecule has 62 valence electrons. The SMILES string of the molecule is CC(C)C1=CC=C(N)C(C)C1. The van der Waals surface area contributed by atoms with Gasteiger partial charge in [0.25, 0.3) is 0 Å². The Balaban J connectivity index is 2.73. The van der Waals surface area contributed by atoms with Crippen LogP contribution in [0.15, 0.2) is 23.4 Å². The molecule has 2 N–H and O–H groups in total. The zero-order valence-corrected chi connectivity index (χ0v) is 7.59. The van der Waals surface area contributed by atoms with Crippen LogP contribution in [0.2, 0.25) is 0 Å². The molecule has 11 heavy (non-hydrogen) atoms. The maximum atomic E-state index is 5.76. The molecular formula is C10H17N. The van der Waals surface area contributed by atoms with Crippen LogP contribution in [0.1, 0.15) is 27.2 Å². The lowest BCUT2D eigenvalue weighted by atomic mass is 9.87. The van der Waals surface area contributed by atoms with Crippen LogP contribution < -0.4 is 5.73 Å². The third-order valence-electron chi connectivity index (χ3n) is 2.34. The average molecular weight is 151 g/mol. The Labute approximate surface area is 69.0 Å². The van der Waals surface area contributed by atoms with Crippen LogP contribution in [0.3, 0.4) is 0 Å². The largest absolute Gasteiger partial charge is 0.402 e. The first-order valence-corrected chi connectivity index (χ1v) is 4.27. The molecule has 1 aliphatic carbocycles. The van der Waals surface area contributed by atoms with Crippen molar-refractivity contribution in [2.75, 3.05) is 0 Å².